The summed E-state index contributed by atoms with van der Waals surface area (Å²) in [6, 6.07) is 22.7. The second-order valence-electron chi connectivity index (χ2n) is 7.78. The minimum atomic E-state index is -3.94. The Kier molecular flexibility index (Phi) is 9.55. The Morgan fingerprint density at radius 2 is 1.40 bits per heavy atom. The van der Waals surface area contributed by atoms with Crippen LogP contribution in [0.15, 0.2) is 83.8 Å². The van der Waals surface area contributed by atoms with E-state index < -0.39 is 10.0 Å². The number of benzene rings is 3. The quantitative estimate of drug-likeness (QED) is 0.354. The van der Waals surface area contributed by atoms with Crippen molar-refractivity contribution in [3.05, 3.63) is 84.4 Å². The van der Waals surface area contributed by atoms with Crippen LogP contribution in [0.25, 0.3) is 0 Å². The van der Waals surface area contributed by atoms with Gasteiger partial charge < -0.3 is 14.8 Å². The van der Waals surface area contributed by atoms with Gasteiger partial charge in [-0.2, -0.15) is 0 Å². The Bertz CT molecular complexity index is 1160. The monoisotopic (exact) mass is 496 g/mol. The van der Waals surface area contributed by atoms with Crippen molar-refractivity contribution in [3.8, 4) is 11.5 Å². The van der Waals surface area contributed by atoms with Crippen LogP contribution in [-0.2, 0) is 21.2 Å². The van der Waals surface area contributed by atoms with Crippen molar-refractivity contribution in [2.75, 3.05) is 30.6 Å². The van der Waals surface area contributed by atoms with Gasteiger partial charge in [0.25, 0.3) is 10.0 Å². The molecule has 0 bridgehead atoms. The van der Waals surface area contributed by atoms with Gasteiger partial charge in [-0.1, -0.05) is 30.3 Å². The van der Waals surface area contributed by atoms with Crippen LogP contribution in [-0.4, -0.2) is 40.6 Å². The van der Waals surface area contributed by atoms with Gasteiger partial charge in [-0.15, -0.1) is 0 Å². The van der Waals surface area contributed by atoms with Crippen LogP contribution >= 0.6 is 0 Å². The van der Waals surface area contributed by atoms with Crippen molar-refractivity contribution in [2.45, 2.75) is 31.6 Å². The van der Waals surface area contributed by atoms with Crippen molar-refractivity contribution < 1.29 is 22.7 Å². The largest absolute Gasteiger partial charge is 0.494 e. The highest BCUT2D eigenvalue weighted by molar-refractivity contribution is 7.92. The predicted molar refractivity (Wildman–Crippen MR) is 138 cm³/mol. The number of anilines is 1. The molecular weight excluding hydrogens is 464 g/mol. The normalized spacial score (nSPS) is 11.0. The summed E-state index contributed by atoms with van der Waals surface area (Å²) in [5.41, 5.74) is 1.53. The molecule has 7 nitrogen and oxygen atoms in total. The fraction of sp³-hybridized carbons (Fsp3) is 0.296. The molecule has 0 spiro atoms. The number of ether oxygens (including phenoxy) is 2. The predicted octanol–water partition coefficient (Wildman–Crippen LogP) is 4.43. The third-order valence-electron chi connectivity index (χ3n) is 5.25. The smallest absolute Gasteiger partial charge is 0.264 e. The Labute approximate surface area is 207 Å². The first-order valence-corrected chi connectivity index (χ1v) is 13.2. The van der Waals surface area contributed by atoms with E-state index in [1.54, 1.807) is 42.5 Å². The van der Waals surface area contributed by atoms with E-state index in [0.717, 1.165) is 28.5 Å². The summed E-state index contributed by atoms with van der Waals surface area (Å²) >= 11 is 0. The number of rotatable bonds is 13. The molecule has 0 aromatic heterocycles. The molecule has 3 rings (SSSR count). The standard InChI is InChI=1S/C27H32N2O5S/c1-3-33-24-16-12-22(13-17-24)9-8-20-28-27(30)21-29(23-14-18-25(19-15-23)34-4-2)35(31,32)26-10-6-5-7-11-26/h5-7,10-19H,3-4,8-9,20-21H2,1-2H3,(H,28,30). The van der Waals surface area contributed by atoms with Crippen molar-refractivity contribution in [1.82, 2.24) is 5.32 Å². The maximum Gasteiger partial charge on any atom is 0.264 e. The molecule has 186 valence electrons. The molecule has 0 atom stereocenters. The number of aryl methyl sites for hydroxylation is 1. The molecule has 0 fully saturated rings. The van der Waals surface area contributed by atoms with Gasteiger partial charge in [0.05, 0.1) is 23.8 Å². The average Bonchev–Trinajstić information content (AvgIpc) is 2.87. The molecule has 1 N–H and O–H groups in total. The second-order valence-corrected chi connectivity index (χ2v) is 9.64. The van der Waals surface area contributed by atoms with Crippen LogP contribution in [0, 0.1) is 0 Å². The summed E-state index contributed by atoms with van der Waals surface area (Å²) in [5, 5.41) is 2.85. The van der Waals surface area contributed by atoms with Crippen LogP contribution < -0.4 is 19.1 Å². The van der Waals surface area contributed by atoms with Crippen LogP contribution in [0.5, 0.6) is 11.5 Å². The first-order chi connectivity index (χ1) is 16.9. The average molecular weight is 497 g/mol. The van der Waals surface area contributed by atoms with E-state index >= 15 is 0 Å². The Hall–Kier alpha value is -3.52. The van der Waals surface area contributed by atoms with Crippen LogP contribution in [0.1, 0.15) is 25.8 Å². The molecule has 0 aliphatic carbocycles. The topological polar surface area (TPSA) is 84.9 Å². The summed E-state index contributed by atoms with van der Waals surface area (Å²) in [7, 11) is -3.94. The lowest BCUT2D eigenvalue weighted by molar-refractivity contribution is -0.119. The number of amides is 1. The third kappa shape index (κ3) is 7.48. The lowest BCUT2D eigenvalue weighted by atomic mass is 10.1. The van der Waals surface area contributed by atoms with Crippen molar-refractivity contribution >= 4 is 21.6 Å². The first-order valence-electron chi connectivity index (χ1n) is 11.7. The number of carbonyl (C=O) groups excluding carboxylic acids is 1. The molecule has 0 unspecified atom stereocenters. The highest BCUT2D eigenvalue weighted by Gasteiger charge is 2.27. The van der Waals surface area contributed by atoms with Crippen LogP contribution in [0.3, 0.4) is 0 Å². The zero-order valence-electron chi connectivity index (χ0n) is 20.1. The first kappa shape index (κ1) is 26.1. The van der Waals surface area contributed by atoms with Gasteiger partial charge in [0.1, 0.15) is 18.0 Å². The number of sulfonamides is 1. The van der Waals surface area contributed by atoms with Gasteiger partial charge in [-0.05, 0) is 80.8 Å². The Balaban J connectivity index is 1.64. The molecule has 0 radical (unpaired) electrons. The van der Waals surface area contributed by atoms with E-state index in [2.05, 4.69) is 5.32 Å². The summed E-state index contributed by atoms with van der Waals surface area (Å²) < 4.78 is 38.8. The summed E-state index contributed by atoms with van der Waals surface area (Å²) in [4.78, 5) is 12.9. The van der Waals surface area contributed by atoms with Gasteiger partial charge in [0.15, 0.2) is 0 Å². The number of nitrogens with one attached hydrogen (secondary N) is 1. The molecule has 0 saturated heterocycles. The number of carbonyl (C=O) groups is 1. The number of hydrogen-bond acceptors (Lipinski definition) is 5. The molecule has 0 saturated carbocycles. The zero-order valence-corrected chi connectivity index (χ0v) is 21.0. The van der Waals surface area contributed by atoms with E-state index in [1.807, 2.05) is 38.1 Å². The van der Waals surface area contributed by atoms with E-state index in [1.165, 1.54) is 12.1 Å². The Morgan fingerprint density at radius 3 is 1.97 bits per heavy atom. The lowest BCUT2D eigenvalue weighted by Crippen LogP contribution is -2.41. The minimum absolute atomic E-state index is 0.122. The molecule has 3 aromatic carbocycles. The third-order valence-corrected chi connectivity index (χ3v) is 7.04. The molecule has 3 aromatic rings. The van der Waals surface area contributed by atoms with E-state index in [9.17, 15) is 13.2 Å². The van der Waals surface area contributed by atoms with Crippen LogP contribution in [0.4, 0.5) is 5.69 Å². The molecule has 35 heavy (non-hydrogen) atoms. The number of nitrogens with zero attached hydrogens (tertiary/aromatic N) is 1. The van der Waals surface area contributed by atoms with Crippen molar-refractivity contribution in [1.29, 1.82) is 0 Å². The highest BCUT2D eigenvalue weighted by Crippen LogP contribution is 2.25. The number of hydrogen-bond donors (Lipinski definition) is 1. The van der Waals surface area contributed by atoms with E-state index in [0.29, 0.717) is 31.2 Å². The SMILES string of the molecule is CCOc1ccc(CCCNC(=O)CN(c2ccc(OCC)cc2)S(=O)(=O)c2ccccc2)cc1. The Morgan fingerprint density at radius 1 is 0.829 bits per heavy atom. The van der Waals surface area contributed by atoms with Gasteiger partial charge in [0.2, 0.25) is 5.91 Å². The maximum absolute atomic E-state index is 13.4. The molecule has 8 heteroatoms. The summed E-state index contributed by atoms with van der Waals surface area (Å²) in [5.74, 6) is 1.09. The zero-order chi connectivity index (χ0) is 25.1. The maximum atomic E-state index is 13.4. The fourth-order valence-corrected chi connectivity index (χ4v) is 4.98. The van der Waals surface area contributed by atoms with Gasteiger partial charge in [-0.25, -0.2) is 8.42 Å². The molecular formula is C27H32N2O5S. The molecule has 1 amide bonds. The lowest BCUT2D eigenvalue weighted by Gasteiger charge is -2.24. The van der Waals surface area contributed by atoms with E-state index in [-0.39, 0.29) is 17.3 Å². The van der Waals surface area contributed by atoms with Crippen molar-refractivity contribution in [3.63, 3.8) is 0 Å². The second kappa shape index (κ2) is 12.8. The minimum Gasteiger partial charge on any atom is -0.494 e. The van der Waals surface area contributed by atoms with Gasteiger partial charge in [0, 0.05) is 6.54 Å². The van der Waals surface area contributed by atoms with Crippen LogP contribution in [0.2, 0.25) is 0 Å². The summed E-state index contributed by atoms with van der Waals surface area (Å²) in [6.07, 6.45) is 1.52. The van der Waals surface area contributed by atoms with E-state index in [4.69, 9.17) is 9.47 Å². The summed E-state index contributed by atoms with van der Waals surface area (Å²) in [6.45, 7) is 5.06. The van der Waals surface area contributed by atoms with Gasteiger partial charge in [-0.3, -0.25) is 9.10 Å². The molecule has 0 aliphatic heterocycles. The fourth-order valence-electron chi connectivity index (χ4n) is 3.54. The molecule has 0 aliphatic rings. The highest BCUT2D eigenvalue weighted by atomic mass is 32.2. The molecule has 0 heterocycles. The van der Waals surface area contributed by atoms with Gasteiger partial charge >= 0.3 is 0 Å². The van der Waals surface area contributed by atoms with Crippen molar-refractivity contribution in [2.24, 2.45) is 0 Å².